The summed E-state index contributed by atoms with van der Waals surface area (Å²) in [6, 6.07) is 4.15. The molecule has 2 unspecified atom stereocenters. The zero-order valence-electron chi connectivity index (χ0n) is 12.8. The van der Waals surface area contributed by atoms with Crippen LogP contribution in [0.15, 0.2) is 18.3 Å². The van der Waals surface area contributed by atoms with Crippen molar-refractivity contribution in [3.05, 3.63) is 23.9 Å². The summed E-state index contributed by atoms with van der Waals surface area (Å²) < 4.78 is 0. The van der Waals surface area contributed by atoms with Gasteiger partial charge in [0.15, 0.2) is 0 Å². The van der Waals surface area contributed by atoms with Crippen LogP contribution < -0.4 is 11.1 Å². The molecule has 1 aromatic heterocycles. The van der Waals surface area contributed by atoms with E-state index in [0.717, 1.165) is 18.4 Å². The van der Waals surface area contributed by atoms with E-state index in [9.17, 15) is 4.79 Å². The van der Waals surface area contributed by atoms with Gasteiger partial charge in [-0.05, 0) is 62.1 Å². The van der Waals surface area contributed by atoms with Crippen LogP contribution in [-0.4, -0.2) is 16.9 Å². The monoisotopic (exact) mass is 345 g/mol. The molecule has 124 valence electrons. The van der Waals surface area contributed by atoms with Crippen molar-refractivity contribution in [1.82, 2.24) is 4.98 Å². The molecule has 2 aliphatic carbocycles. The molecule has 6 heteroatoms. The van der Waals surface area contributed by atoms with Crippen LogP contribution in [0.4, 0.5) is 5.82 Å². The van der Waals surface area contributed by atoms with Crippen molar-refractivity contribution >= 4 is 36.5 Å². The average molecular weight is 346 g/mol. The summed E-state index contributed by atoms with van der Waals surface area (Å²) in [6.07, 6.45) is 7.26. The lowest BCUT2D eigenvalue weighted by molar-refractivity contribution is -0.122. The molecular formula is C16H25Cl2N3O. The number of rotatable bonds is 2. The summed E-state index contributed by atoms with van der Waals surface area (Å²) in [5.41, 5.74) is 7.38. The van der Waals surface area contributed by atoms with Crippen LogP contribution in [0, 0.1) is 24.7 Å². The topological polar surface area (TPSA) is 68.0 Å². The molecule has 3 rings (SSSR count). The molecule has 3 N–H and O–H groups in total. The lowest BCUT2D eigenvalue weighted by atomic mass is 9.65. The predicted octanol–water partition coefficient (Wildman–Crippen LogP) is 3.33. The van der Waals surface area contributed by atoms with Crippen molar-refractivity contribution in [2.24, 2.45) is 23.5 Å². The van der Waals surface area contributed by atoms with E-state index >= 15 is 0 Å². The SMILES string of the molecule is Cc1ccnc(NC(=O)C2CC3CCCC(C2)C3N)c1.Cl.Cl. The zero-order valence-corrected chi connectivity index (χ0v) is 14.5. The third-order valence-corrected chi connectivity index (χ3v) is 4.95. The van der Waals surface area contributed by atoms with Gasteiger partial charge in [0.2, 0.25) is 5.91 Å². The summed E-state index contributed by atoms with van der Waals surface area (Å²) in [6.45, 7) is 2.00. The van der Waals surface area contributed by atoms with E-state index in [2.05, 4.69) is 10.3 Å². The van der Waals surface area contributed by atoms with Gasteiger partial charge < -0.3 is 11.1 Å². The minimum atomic E-state index is 0. The second-order valence-electron chi connectivity index (χ2n) is 6.40. The summed E-state index contributed by atoms with van der Waals surface area (Å²) in [4.78, 5) is 16.6. The number of aryl methyl sites for hydroxylation is 1. The Morgan fingerprint density at radius 2 is 1.91 bits per heavy atom. The van der Waals surface area contributed by atoms with Gasteiger partial charge in [-0.15, -0.1) is 24.8 Å². The smallest absolute Gasteiger partial charge is 0.228 e. The number of carbonyl (C=O) groups excluding carboxylic acids is 1. The van der Waals surface area contributed by atoms with Gasteiger partial charge in [-0.2, -0.15) is 0 Å². The highest BCUT2D eigenvalue weighted by Crippen LogP contribution is 2.42. The molecule has 0 saturated heterocycles. The number of fused-ring (bicyclic) bond motifs is 2. The van der Waals surface area contributed by atoms with Gasteiger partial charge in [0.25, 0.3) is 0 Å². The van der Waals surface area contributed by atoms with Gasteiger partial charge in [-0.25, -0.2) is 4.98 Å². The number of nitrogens with two attached hydrogens (primary N) is 1. The van der Waals surface area contributed by atoms with E-state index in [1.807, 2.05) is 19.1 Å². The van der Waals surface area contributed by atoms with E-state index in [-0.39, 0.29) is 36.6 Å². The van der Waals surface area contributed by atoms with Crippen LogP contribution in [0.1, 0.15) is 37.7 Å². The molecule has 0 aliphatic heterocycles. The molecule has 0 radical (unpaired) electrons. The highest BCUT2D eigenvalue weighted by molar-refractivity contribution is 5.91. The van der Waals surface area contributed by atoms with Crippen molar-refractivity contribution in [3.8, 4) is 0 Å². The Hall–Kier alpha value is -0.840. The number of hydrogen-bond acceptors (Lipinski definition) is 3. The van der Waals surface area contributed by atoms with Crippen LogP contribution in [0.2, 0.25) is 0 Å². The predicted molar refractivity (Wildman–Crippen MR) is 93.6 cm³/mol. The number of nitrogens with zero attached hydrogens (tertiary/aromatic N) is 1. The molecule has 0 spiro atoms. The minimum absolute atomic E-state index is 0. The van der Waals surface area contributed by atoms with E-state index in [1.54, 1.807) is 6.20 Å². The second kappa shape index (κ2) is 8.14. The summed E-state index contributed by atoms with van der Waals surface area (Å²) in [5, 5.41) is 2.97. The first kappa shape index (κ1) is 19.2. The summed E-state index contributed by atoms with van der Waals surface area (Å²) in [7, 11) is 0. The first-order valence-electron chi connectivity index (χ1n) is 7.62. The maximum Gasteiger partial charge on any atom is 0.228 e. The van der Waals surface area contributed by atoms with Crippen LogP contribution in [-0.2, 0) is 4.79 Å². The van der Waals surface area contributed by atoms with Crippen molar-refractivity contribution in [2.75, 3.05) is 5.32 Å². The number of nitrogens with one attached hydrogen (secondary N) is 1. The van der Waals surface area contributed by atoms with E-state index in [0.29, 0.717) is 23.7 Å². The normalized spacial score (nSPS) is 29.7. The third-order valence-electron chi connectivity index (χ3n) is 4.95. The largest absolute Gasteiger partial charge is 0.327 e. The van der Waals surface area contributed by atoms with E-state index in [1.165, 1.54) is 19.3 Å². The van der Waals surface area contributed by atoms with Crippen LogP contribution in [0.25, 0.3) is 0 Å². The first-order valence-corrected chi connectivity index (χ1v) is 7.62. The van der Waals surface area contributed by atoms with Crippen molar-refractivity contribution in [1.29, 1.82) is 0 Å². The average Bonchev–Trinajstić information content (AvgIpc) is 2.38. The summed E-state index contributed by atoms with van der Waals surface area (Å²) >= 11 is 0. The molecular weight excluding hydrogens is 321 g/mol. The molecule has 2 atom stereocenters. The maximum atomic E-state index is 12.4. The van der Waals surface area contributed by atoms with Gasteiger partial charge in [0, 0.05) is 18.2 Å². The number of anilines is 1. The Balaban J connectivity index is 0.00000121. The number of carbonyl (C=O) groups is 1. The van der Waals surface area contributed by atoms with Crippen molar-refractivity contribution < 1.29 is 4.79 Å². The molecule has 1 heterocycles. The lowest BCUT2D eigenvalue weighted by Crippen LogP contribution is -2.48. The molecule has 0 aromatic carbocycles. The molecule has 2 aliphatic rings. The van der Waals surface area contributed by atoms with Crippen LogP contribution in [0.5, 0.6) is 0 Å². The van der Waals surface area contributed by atoms with Crippen molar-refractivity contribution in [3.63, 3.8) is 0 Å². The van der Waals surface area contributed by atoms with Crippen molar-refractivity contribution in [2.45, 2.75) is 45.1 Å². The number of amides is 1. The molecule has 2 bridgehead atoms. The Labute approximate surface area is 144 Å². The molecule has 2 saturated carbocycles. The van der Waals surface area contributed by atoms with Gasteiger partial charge in [-0.1, -0.05) is 6.42 Å². The number of pyridine rings is 1. The van der Waals surface area contributed by atoms with Crippen LogP contribution in [0.3, 0.4) is 0 Å². The standard InChI is InChI=1S/C16H23N3O.2ClH/c1-10-5-6-18-14(7-10)19-16(20)13-8-11-3-2-4-12(9-13)15(11)17;;/h5-7,11-13,15H,2-4,8-9,17H2,1H3,(H,18,19,20);2*1H. The van der Waals surface area contributed by atoms with E-state index < -0.39 is 0 Å². The Morgan fingerprint density at radius 3 is 2.50 bits per heavy atom. The minimum Gasteiger partial charge on any atom is -0.327 e. The Kier molecular flexibility index (Phi) is 7.10. The highest BCUT2D eigenvalue weighted by atomic mass is 35.5. The second-order valence-corrected chi connectivity index (χ2v) is 6.40. The molecule has 22 heavy (non-hydrogen) atoms. The van der Waals surface area contributed by atoms with Gasteiger partial charge in [0.1, 0.15) is 5.82 Å². The fourth-order valence-electron chi connectivity index (χ4n) is 3.84. The lowest BCUT2D eigenvalue weighted by Gasteiger charge is -2.43. The highest BCUT2D eigenvalue weighted by Gasteiger charge is 2.40. The molecule has 2 fully saturated rings. The molecule has 4 nitrogen and oxygen atoms in total. The maximum absolute atomic E-state index is 12.4. The van der Waals surface area contributed by atoms with Crippen LogP contribution >= 0.6 is 24.8 Å². The molecule has 1 amide bonds. The summed E-state index contributed by atoms with van der Waals surface area (Å²) in [5.74, 6) is 1.95. The zero-order chi connectivity index (χ0) is 14.1. The number of aromatic nitrogens is 1. The van der Waals surface area contributed by atoms with Gasteiger partial charge in [-0.3, -0.25) is 4.79 Å². The fourth-order valence-corrected chi connectivity index (χ4v) is 3.84. The Bertz CT molecular complexity index is 498. The Morgan fingerprint density at radius 1 is 1.27 bits per heavy atom. The van der Waals surface area contributed by atoms with Gasteiger partial charge >= 0.3 is 0 Å². The third kappa shape index (κ3) is 4.12. The first-order chi connectivity index (χ1) is 9.63. The quantitative estimate of drug-likeness (QED) is 0.863. The van der Waals surface area contributed by atoms with E-state index in [4.69, 9.17) is 5.73 Å². The number of halogens is 2. The van der Waals surface area contributed by atoms with Gasteiger partial charge in [0.05, 0.1) is 0 Å². The molecule has 1 aromatic rings. The number of hydrogen-bond donors (Lipinski definition) is 2. The fraction of sp³-hybridized carbons (Fsp3) is 0.625.